The Balaban J connectivity index is 1.91. The third-order valence-corrected chi connectivity index (χ3v) is 4.05. The Hall–Kier alpha value is -2.69. The van der Waals surface area contributed by atoms with E-state index in [2.05, 4.69) is 16.9 Å². The molecular formula is C18H20N2O3. The highest BCUT2D eigenvalue weighted by atomic mass is 16.5. The van der Waals surface area contributed by atoms with Crippen LogP contribution in [0.3, 0.4) is 0 Å². The van der Waals surface area contributed by atoms with Gasteiger partial charge in [0.25, 0.3) is 0 Å². The summed E-state index contributed by atoms with van der Waals surface area (Å²) in [4.78, 5) is 7.69. The minimum absolute atomic E-state index is 0.351. The number of benzene rings is 1. The van der Waals surface area contributed by atoms with Crippen molar-refractivity contribution in [2.24, 2.45) is 0 Å². The first kappa shape index (κ1) is 15.2. The molecule has 1 N–H and O–H groups in total. The van der Waals surface area contributed by atoms with Gasteiger partial charge in [0.15, 0.2) is 0 Å². The molecular weight excluding hydrogens is 292 g/mol. The van der Waals surface area contributed by atoms with E-state index >= 15 is 0 Å². The van der Waals surface area contributed by atoms with Gasteiger partial charge in [-0.1, -0.05) is 0 Å². The minimum atomic E-state index is 0.351. The molecule has 0 amide bonds. The zero-order valence-corrected chi connectivity index (χ0v) is 13.8. The predicted octanol–water partition coefficient (Wildman–Crippen LogP) is 3.78. The lowest BCUT2D eigenvalue weighted by atomic mass is 10.2. The van der Waals surface area contributed by atoms with Crippen LogP contribution < -0.4 is 14.2 Å². The smallest absolute Gasteiger partial charge is 0.238 e. The van der Waals surface area contributed by atoms with Crippen LogP contribution in [0, 0.1) is 13.8 Å². The van der Waals surface area contributed by atoms with E-state index in [-0.39, 0.29) is 0 Å². The molecule has 0 aliphatic carbocycles. The molecule has 3 aromatic rings. The van der Waals surface area contributed by atoms with Crippen LogP contribution in [0.1, 0.15) is 16.8 Å². The molecule has 2 aromatic heterocycles. The van der Waals surface area contributed by atoms with Crippen molar-refractivity contribution in [2.75, 3.05) is 14.2 Å². The number of H-pyrrole nitrogens is 1. The monoisotopic (exact) mass is 312 g/mol. The molecule has 3 rings (SSSR count). The first-order valence-corrected chi connectivity index (χ1v) is 7.41. The molecule has 23 heavy (non-hydrogen) atoms. The number of fused-ring (bicyclic) bond motifs is 1. The Kier molecular flexibility index (Phi) is 4.10. The van der Waals surface area contributed by atoms with E-state index in [1.807, 2.05) is 31.2 Å². The van der Waals surface area contributed by atoms with E-state index in [0.717, 1.165) is 33.7 Å². The van der Waals surface area contributed by atoms with Crippen molar-refractivity contribution in [2.45, 2.75) is 20.5 Å². The number of nitrogens with zero attached hydrogens (tertiary/aromatic N) is 1. The molecule has 0 fully saturated rings. The quantitative estimate of drug-likeness (QED) is 0.779. The Morgan fingerprint density at radius 1 is 1.09 bits per heavy atom. The summed E-state index contributed by atoms with van der Waals surface area (Å²) in [6, 6.07) is 7.63. The second-order valence-corrected chi connectivity index (χ2v) is 5.38. The average molecular weight is 312 g/mol. The molecule has 0 aliphatic heterocycles. The van der Waals surface area contributed by atoms with Crippen LogP contribution in [0.4, 0.5) is 0 Å². The first-order chi connectivity index (χ1) is 11.1. The van der Waals surface area contributed by atoms with Crippen LogP contribution in [-0.4, -0.2) is 24.2 Å². The largest absolute Gasteiger partial charge is 0.497 e. The number of aromatic amines is 1. The molecule has 2 heterocycles. The third kappa shape index (κ3) is 2.82. The van der Waals surface area contributed by atoms with Gasteiger partial charge in [0, 0.05) is 22.8 Å². The highest BCUT2D eigenvalue weighted by molar-refractivity contribution is 5.87. The van der Waals surface area contributed by atoms with E-state index in [4.69, 9.17) is 14.2 Å². The maximum absolute atomic E-state index is 5.94. The van der Waals surface area contributed by atoms with Crippen LogP contribution in [0.5, 0.6) is 17.4 Å². The summed E-state index contributed by atoms with van der Waals surface area (Å²) in [5.74, 6) is 2.11. The topological polar surface area (TPSA) is 56.4 Å². The van der Waals surface area contributed by atoms with E-state index in [0.29, 0.717) is 12.5 Å². The SMILES string of the molecule is COc1ccc(OC)c(COc2nccc3c(C)c(C)[nH]c23)c1. The predicted molar refractivity (Wildman–Crippen MR) is 89.4 cm³/mol. The number of hydrogen-bond acceptors (Lipinski definition) is 4. The molecule has 5 nitrogen and oxygen atoms in total. The highest BCUT2D eigenvalue weighted by Crippen LogP contribution is 2.29. The molecule has 0 aliphatic rings. The van der Waals surface area contributed by atoms with Gasteiger partial charge in [0.2, 0.25) is 5.88 Å². The molecule has 0 saturated carbocycles. The van der Waals surface area contributed by atoms with Crippen LogP contribution in [0.2, 0.25) is 0 Å². The second kappa shape index (κ2) is 6.20. The van der Waals surface area contributed by atoms with Crippen molar-refractivity contribution in [1.82, 2.24) is 9.97 Å². The number of methoxy groups -OCH3 is 2. The number of nitrogens with one attached hydrogen (secondary N) is 1. The summed E-state index contributed by atoms with van der Waals surface area (Å²) in [7, 11) is 3.28. The van der Waals surface area contributed by atoms with Gasteiger partial charge in [0.05, 0.1) is 14.2 Å². The lowest BCUT2D eigenvalue weighted by molar-refractivity contribution is 0.288. The Morgan fingerprint density at radius 2 is 1.91 bits per heavy atom. The summed E-state index contributed by atoms with van der Waals surface area (Å²) in [5, 5.41) is 1.13. The summed E-state index contributed by atoms with van der Waals surface area (Å²) in [5.41, 5.74) is 4.16. The molecule has 0 spiro atoms. The van der Waals surface area contributed by atoms with Crippen molar-refractivity contribution in [3.8, 4) is 17.4 Å². The molecule has 0 atom stereocenters. The molecule has 0 bridgehead atoms. The van der Waals surface area contributed by atoms with Gasteiger partial charge in [-0.15, -0.1) is 0 Å². The number of aromatic nitrogens is 2. The number of pyridine rings is 1. The van der Waals surface area contributed by atoms with Crippen LogP contribution in [0.25, 0.3) is 10.9 Å². The maximum atomic E-state index is 5.94. The minimum Gasteiger partial charge on any atom is -0.497 e. The Morgan fingerprint density at radius 3 is 2.65 bits per heavy atom. The summed E-state index contributed by atoms with van der Waals surface area (Å²) in [6.45, 7) is 4.48. The number of ether oxygens (including phenoxy) is 3. The van der Waals surface area contributed by atoms with Gasteiger partial charge >= 0.3 is 0 Å². The van der Waals surface area contributed by atoms with Gasteiger partial charge in [-0.05, 0) is 43.7 Å². The van der Waals surface area contributed by atoms with Gasteiger partial charge in [-0.3, -0.25) is 0 Å². The zero-order valence-electron chi connectivity index (χ0n) is 13.8. The summed E-state index contributed by atoms with van der Waals surface area (Å²) < 4.78 is 16.6. The Bertz CT molecular complexity index is 840. The fourth-order valence-electron chi connectivity index (χ4n) is 2.61. The van der Waals surface area contributed by atoms with Crippen molar-refractivity contribution >= 4 is 10.9 Å². The van der Waals surface area contributed by atoms with Gasteiger partial charge in [-0.25, -0.2) is 4.98 Å². The number of hydrogen-bond donors (Lipinski definition) is 1. The molecule has 0 radical (unpaired) electrons. The van der Waals surface area contributed by atoms with Crippen molar-refractivity contribution in [3.63, 3.8) is 0 Å². The van der Waals surface area contributed by atoms with Crippen LogP contribution >= 0.6 is 0 Å². The molecule has 120 valence electrons. The molecule has 0 unspecified atom stereocenters. The fourth-order valence-corrected chi connectivity index (χ4v) is 2.61. The number of rotatable bonds is 5. The van der Waals surface area contributed by atoms with Crippen molar-refractivity contribution in [1.29, 1.82) is 0 Å². The number of aryl methyl sites for hydroxylation is 2. The van der Waals surface area contributed by atoms with E-state index in [1.54, 1.807) is 20.4 Å². The summed E-state index contributed by atoms with van der Waals surface area (Å²) in [6.07, 6.45) is 1.76. The molecule has 5 heteroatoms. The average Bonchev–Trinajstić information content (AvgIpc) is 2.88. The first-order valence-electron chi connectivity index (χ1n) is 7.41. The van der Waals surface area contributed by atoms with Gasteiger partial charge < -0.3 is 19.2 Å². The fraction of sp³-hybridized carbons (Fsp3) is 0.278. The van der Waals surface area contributed by atoms with Gasteiger partial charge in [-0.2, -0.15) is 0 Å². The van der Waals surface area contributed by atoms with Crippen LogP contribution in [-0.2, 0) is 6.61 Å². The van der Waals surface area contributed by atoms with E-state index in [9.17, 15) is 0 Å². The van der Waals surface area contributed by atoms with Gasteiger partial charge in [0.1, 0.15) is 23.6 Å². The zero-order chi connectivity index (χ0) is 16.4. The van der Waals surface area contributed by atoms with E-state index in [1.165, 1.54) is 5.56 Å². The molecule has 0 saturated heterocycles. The molecule has 1 aromatic carbocycles. The highest BCUT2D eigenvalue weighted by Gasteiger charge is 2.12. The Labute approximate surface area is 135 Å². The second-order valence-electron chi connectivity index (χ2n) is 5.38. The third-order valence-electron chi connectivity index (χ3n) is 4.05. The van der Waals surface area contributed by atoms with Crippen molar-refractivity contribution < 1.29 is 14.2 Å². The normalized spacial score (nSPS) is 10.8. The maximum Gasteiger partial charge on any atom is 0.238 e. The van der Waals surface area contributed by atoms with Crippen molar-refractivity contribution in [3.05, 3.63) is 47.3 Å². The summed E-state index contributed by atoms with van der Waals surface area (Å²) >= 11 is 0. The van der Waals surface area contributed by atoms with Crippen LogP contribution in [0.15, 0.2) is 30.5 Å². The standard InChI is InChI=1S/C18H20N2O3/c1-11-12(2)20-17-15(11)7-8-19-18(17)23-10-13-9-14(21-3)5-6-16(13)22-4/h5-9,20H,10H2,1-4H3. The lowest BCUT2D eigenvalue weighted by Crippen LogP contribution is -2.01. The van der Waals surface area contributed by atoms with E-state index < -0.39 is 0 Å². The lowest BCUT2D eigenvalue weighted by Gasteiger charge is -2.11.